The predicted octanol–water partition coefficient (Wildman–Crippen LogP) is 1.39. The molecule has 0 bridgehead atoms. The van der Waals surface area contributed by atoms with Gasteiger partial charge in [0.2, 0.25) is 0 Å². The number of hydrogen-bond donors (Lipinski definition) is 3. The van der Waals surface area contributed by atoms with Gasteiger partial charge in [0.25, 0.3) is 0 Å². The number of rotatable bonds is 4. The summed E-state index contributed by atoms with van der Waals surface area (Å²) in [6.07, 6.45) is -0.771. The second-order valence-electron chi connectivity index (χ2n) is 4.05. The molecule has 0 amide bonds. The van der Waals surface area contributed by atoms with E-state index in [0.29, 0.717) is 5.82 Å². The number of aliphatic hydroxyl groups is 1. The number of hydrogen-bond acceptors (Lipinski definition) is 4. The minimum Gasteiger partial charge on any atom is -0.496 e. The maximum atomic E-state index is 9.69. The number of aromatic amines is 1. The van der Waals surface area contributed by atoms with Gasteiger partial charge in [-0.2, -0.15) is 0 Å². The molecular formula is C13H17N3O2. The van der Waals surface area contributed by atoms with E-state index in [-0.39, 0.29) is 6.54 Å². The number of H-pyrrole nitrogens is 1. The van der Waals surface area contributed by atoms with Crippen LogP contribution in [0.25, 0.3) is 11.3 Å². The molecule has 1 aromatic carbocycles. The Morgan fingerprint density at radius 3 is 2.83 bits per heavy atom. The van der Waals surface area contributed by atoms with E-state index in [4.69, 9.17) is 10.5 Å². The third-order valence-electron chi connectivity index (χ3n) is 2.80. The maximum Gasteiger partial charge on any atom is 0.137 e. The maximum absolute atomic E-state index is 9.69. The largest absolute Gasteiger partial charge is 0.496 e. The average Bonchev–Trinajstić information content (AvgIpc) is 2.79. The van der Waals surface area contributed by atoms with Gasteiger partial charge in [-0.15, -0.1) is 0 Å². The Labute approximate surface area is 106 Å². The van der Waals surface area contributed by atoms with Crippen molar-refractivity contribution < 1.29 is 9.84 Å². The highest BCUT2D eigenvalue weighted by atomic mass is 16.5. The van der Waals surface area contributed by atoms with Crippen molar-refractivity contribution in [3.8, 4) is 17.0 Å². The van der Waals surface area contributed by atoms with Crippen LogP contribution in [0.3, 0.4) is 0 Å². The first kappa shape index (κ1) is 12.6. The number of aromatic nitrogens is 2. The van der Waals surface area contributed by atoms with Crippen LogP contribution in [-0.4, -0.2) is 28.7 Å². The Morgan fingerprint density at radius 2 is 2.17 bits per heavy atom. The zero-order valence-corrected chi connectivity index (χ0v) is 10.5. The van der Waals surface area contributed by atoms with Crippen molar-refractivity contribution in [3.63, 3.8) is 0 Å². The molecule has 0 fully saturated rings. The second-order valence-corrected chi connectivity index (χ2v) is 4.05. The van der Waals surface area contributed by atoms with Crippen LogP contribution in [0.5, 0.6) is 5.75 Å². The molecule has 1 aromatic heterocycles. The molecule has 4 N–H and O–H groups in total. The number of ether oxygens (including phenoxy) is 1. The van der Waals surface area contributed by atoms with E-state index >= 15 is 0 Å². The smallest absolute Gasteiger partial charge is 0.137 e. The van der Waals surface area contributed by atoms with Gasteiger partial charge in [-0.25, -0.2) is 4.98 Å². The second kappa shape index (κ2) is 5.20. The number of para-hydroxylation sites is 1. The number of aryl methyl sites for hydroxylation is 1. The van der Waals surface area contributed by atoms with Crippen LogP contribution in [0.15, 0.2) is 24.3 Å². The Bertz CT molecular complexity index is 537. The Morgan fingerprint density at radius 1 is 1.44 bits per heavy atom. The summed E-state index contributed by atoms with van der Waals surface area (Å²) in [5, 5.41) is 9.69. The number of nitrogens with zero attached hydrogens (tertiary/aromatic N) is 1. The van der Waals surface area contributed by atoms with Gasteiger partial charge < -0.3 is 20.6 Å². The first-order valence-electron chi connectivity index (χ1n) is 5.75. The number of benzene rings is 1. The van der Waals surface area contributed by atoms with E-state index < -0.39 is 6.10 Å². The van der Waals surface area contributed by atoms with Gasteiger partial charge in [0.05, 0.1) is 12.8 Å². The van der Waals surface area contributed by atoms with Gasteiger partial charge >= 0.3 is 0 Å². The highest BCUT2D eigenvalue weighted by Gasteiger charge is 2.16. The third kappa shape index (κ3) is 2.23. The lowest BCUT2D eigenvalue weighted by Crippen LogP contribution is -2.12. The molecule has 0 radical (unpaired) electrons. The monoisotopic (exact) mass is 247 g/mol. The Hall–Kier alpha value is -1.85. The molecule has 0 spiro atoms. The van der Waals surface area contributed by atoms with Crippen LogP contribution in [0, 0.1) is 6.92 Å². The van der Waals surface area contributed by atoms with Crippen LogP contribution in [0.4, 0.5) is 0 Å². The van der Waals surface area contributed by atoms with Gasteiger partial charge in [-0.1, -0.05) is 12.1 Å². The van der Waals surface area contributed by atoms with E-state index in [1.165, 1.54) is 0 Å². The molecule has 5 nitrogen and oxygen atoms in total. The van der Waals surface area contributed by atoms with Gasteiger partial charge in [0.15, 0.2) is 0 Å². The topological polar surface area (TPSA) is 84.2 Å². The fourth-order valence-electron chi connectivity index (χ4n) is 1.86. The van der Waals surface area contributed by atoms with Crippen LogP contribution >= 0.6 is 0 Å². The van der Waals surface area contributed by atoms with E-state index in [2.05, 4.69) is 9.97 Å². The number of methoxy groups -OCH3 is 1. The first-order chi connectivity index (χ1) is 8.67. The van der Waals surface area contributed by atoms with Crippen molar-refractivity contribution in [1.82, 2.24) is 9.97 Å². The summed E-state index contributed by atoms with van der Waals surface area (Å²) < 4.78 is 5.31. The molecule has 2 rings (SSSR count). The summed E-state index contributed by atoms with van der Waals surface area (Å²) in [5.41, 5.74) is 7.97. The zero-order chi connectivity index (χ0) is 13.1. The van der Waals surface area contributed by atoms with Crippen LogP contribution in [0.2, 0.25) is 0 Å². The van der Waals surface area contributed by atoms with Crippen molar-refractivity contribution in [2.75, 3.05) is 13.7 Å². The number of imidazole rings is 1. The molecule has 1 heterocycles. The van der Waals surface area contributed by atoms with E-state index in [1.807, 2.05) is 31.2 Å². The van der Waals surface area contributed by atoms with Crippen LogP contribution in [-0.2, 0) is 0 Å². The fourth-order valence-corrected chi connectivity index (χ4v) is 1.86. The number of nitrogens with two attached hydrogens (primary N) is 1. The highest BCUT2D eigenvalue weighted by molar-refractivity contribution is 5.69. The lowest BCUT2D eigenvalue weighted by atomic mass is 10.1. The van der Waals surface area contributed by atoms with Crippen LogP contribution in [0.1, 0.15) is 17.6 Å². The predicted molar refractivity (Wildman–Crippen MR) is 69.3 cm³/mol. The summed E-state index contributed by atoms with van der Waals surface area (Å²) >= 11 is 0. The Balaban J connectivity index is 2.47. The lowest BCUT2D eigenvalue weighted by Gasteiger charge is -2.06. The van der Waals surface area contributed by atoms with E-state index in [0.717, 1.165) is 22.7 Å². The van der Waals surface area contributed by atoms with Crippen LogP contribution < -0.4 is 10.5 Å². The normalized spacial score (nSPS) is 12.4. The molecule has 1 atom stereocenters. The molecule has 2 aromatic rings. The number of aliphatic hydroxyl groups excluding tert-OH is 1. The van der Waals surface area contributed by atoms with Crippen molar-refractivity contribution in [2.45, 2.75) is 13.0 Å². The van der Waals surface area contributed by atoms with Gasteiger partial charge in [-0.05, 0) is 19.1 Å². The first-order valence-corrected chi connectivity index (χ1v) is 5.75. The summed E-state index contributed by atoms with van der Waals surface area (Å²) in [5.74, 6) is 1.23. The zero-order valence-electron chi connectivity index (χ0n) is 10.5. The fraction of sp³-hybridized carbons (Fsp3) is 0.308. The molecule has 0 saturated carbocycles. The van der Waals surface area contributed by atoms with Crippen molar-refractivity contribution in [1.29, 1.82) is 0 Å². The minimum atomic E-state index is -0.771. The Kier molecular flexibility index (Phi) is 3.64. The minimum absolute atomic E-state index is 0.137. The molecule has 0 aliphatic rings. The lowest BCUT2D eigenvalue weighted by molar-refractivity contribution is 0.177. The molecule has 1 unspecified atom stereocenters. The summed E-state index contributed by atoms with van der Waals surface area (Å²) in [7, 11) is 1.62. The molecule has 18 heavy (non-hydrogen) atoms. The van der Waals surface area contributed by atoms with Gasteiger partial charge in [-0.3, -0.25) is 0 Å². The molecule has 96 valence electrons. The third-order valence-corrected chi connectivity index (χ3v) is 2.80. The highest BCUT2D eigenvalue weighted by Crippen LogP contribution is 2.31. The number of nitrogens with one attached hydrogen (secondary N) is 1. The quantitative estimate of drug-likeness (QED) is 0.762. The van der Waals surface area contributed by atoms with Gasteiger partial charge in [0.1, 0.15) is 17.7 Å². The molecule has 0 aliphatic heterocycles. The van der Waals surface area contributed by atoms with E-state index in [9.17, 15) is 5.11 Å². The van der Waals surface area contributed by atoms with Crippen molar-refractivity contribution >= 4 is 0 Å². The van der Waals surface area contributed by atoms with Gasteiger partial charge in [0, 0.05) is 17.8 Å². The average molecular weight is 247 g/mol. The summed E-state index contributed by atoms with van der Waals surface area (Å²) in [6, 6.07) is 7.63. The summed E-state index contributed by atoms with van der Waals surface area (Å²) in [4.78, 5) is 7.44. The molecule has 0 saturated heterocycles. The van der Waals surface area contributed by atoms with E-state index in [1.54, 1.807) is 7.11 Å². The molecule has 5 heteroatoms. The molecular weight excluding hydrogens is 230 g/mol. The van der Waals surface area contributed by atoms with Crippen molar-refractivity contribution in [2.24, 2.45) is 5.73 Å². The summed E-state index contributed by atoms with van der Waals surface area (Å²) in [6.45, 7) is 2.04. The standard InChI is InChI=1S/C13H17N3O2/c1-8-12(16-13(15-8)10(17)7-14)9-5-3-4-6-11(9)18-2/h3-6,10,17H,7,14H2,1-2H3,(H,15,16). The molecule has 0 aliphatic carbocycles. The SMILES string of the molecule is COc1ccccc1-c1nc(C(O)CN)[nH]c1C. The van der Waals surface area contributed by atoms with Crippen molar-refractivity contribution in [3.05, 3.63) is 35.8 Å².